The van der Waals surface area contributed by atoms with Gasteiger partial charge in [-0.25, -0.2) is 0 Å². The maximum Gasteiger partial charge on any atom is 0.251 e. The van der Waals surface area contributed by atoms with E-state index in [0.717, 1.165) is 38.7 Å². The van der Waals surface area contributed by atoms with E-state index in [1.54, 1.807) is 35.6 Å². The summed E-state index contributed by atoms with van der Waals surface area (Å²) in [5.74, 6) is 0.651. The van der Waals surface area contributed by atoms with Crippen LogP contribution in [-0.2, 0) is 17.9 Å². The van der Waals surface area contributed by atoms with Gasteiger partial charge in [-0.2, -0.15) is 0 Å². The molecule has 1 saturated heterocycles. The van der Waals surface area contributed by atoms with Crippen LogP contribution in [0.3, 0.4) is 0 Å². The van der Waals surface area contributed by atoms with Crippen molar-refractivity contribution in [3.8, 4) is 16.9 Å². The Morgan fingerprint density at radius 3 is 2.74 bits per heavy atom. The summed E-state index contributed by atoms with van der Waals surface area (Å²) < 4.78 is 19.1. The van der Waals surface area contributed by atoms with E-state index in [1.807, 2.05) is 60.7 Å². The molecule has 0 radical (unpaired) electrons. The largest absolute Gasteiger partial charge is 0.489 e. The Hall–Kier alpha value is -4.20. The number of pyridine rings is 2. The summed E-state index contributed by atoms with van der Waals surface area (Å²) >= 11 is 0. The lowest BCUT2D eigenvalue weighted by Gasteiger charge is -2.26. The number of hydrogen-bond acceptors (Lipinski definition) is 6. The third kappa shape index (κ3) is 5.11. The molecule has 1 fully saturated rings. The van der Waals surface area contributed by atoms with E-state index < -0.39 is 0 Å². The minimum atomic E-state index is -0.355. The minimum Gasteiger partial charge on any atom is -0.489 e. The Balaban J connectivity index is 1.32. The zero-order valence-corrected chi connectivity index (χ0v) is 20.8. The molecule has 6 rings (SSSR count). The molecule has 0 aliphatic carbocycles. The molecule has 192 valence electrons. The second-order valence-electron chi connectivity index (χ2n) is 9.61. The number of benzene rings is 2. The standard InChI is InChI=1S/C31H28N2O5/c34-25-9-11-37-30(13-25)24-12-22(16-32-17-24)19-38-26-6-7-27-28(23-8-10-36-20-23)15-31(35)33(29(27)14-26)18-21-4-2-1-3-5-21/h1-8,10,12,14-17,20,25,30,34H,9,11,13,18-19H2. The lowest BCUT2D eigenvalue weighted by Crippen LogP contribution is -2.23. The van der Waals surface area contributed by atoms with Gasteiger partial charge in [-0.05, 0) is 47.4 Å². The quantitative estimate of drug-likeness (QED) is 0.313. The Morgan fingerprint density at radius 2 is 1.92 bits per heavy atom. The van der Waals surface area contributed by atoms with Gasteiger partial charge in [0.1, 0.15) is 12.4 Å². The molecular formula is C31H28N2O5. The Labute approximate surface area is 219 Å². The van der Waals surface area contributed by atoms with Gasteiger partial charge in [0.25, 0.3) is 5.56 Å². The zero-order valence-electron chi connectivity index (χ0n) is 20.8. The molecule has 1 aliphatic rings. The van der Waals surface area contributed by atoms with Gasteiger partial charge in [-0.3, -0.25) is 9.78 Å². The van der Waals surface area contributed by atoms with Gasteiger partial charge in [0.05, 0.1) is 36.8 Å². The molecule has 2 aromatic carbocycles. The first-order valence-corrected chi connectivity index (χ1v) is 12.7. The van der Waals surface area contributed by atoms with E-state index in [1.165, 1.54) is 0 Å². The van der Waals surface area contributed by atoms with Crippen LogP contribution in [-0.4, -0.2) is 27.4 Å². The summed E-state index contributed by atoms with van der Waals surface area (Å²) in [6, 6.07) is 21.3. The third-order valence-electron chi connectivity index (χ3n) is 6.95. The van der Waals surface area contributed by atoms with E-state index in [4.69, 9.17) is 13.9 Å². The second kappa shape index (κ2) is 10.7. The molecule has 1 N–H and O–H groups in total. The Bertz CT molecular complexity index is 1590. The van der Waals surface area contributed by atoms with Gasteiger partial charge in [-0.15, -0.1) is 0 Å². The minimum absolute atomic E-state index is 0.0960. The molecule has 7 nitrogen and oxygen atoms in total. The Morgan fingerprint density at radius 1 is 1.03 bits per heavy atom. The highest BCUT2D eigenvalue weighted by atomic mass is 16.5. The van der Waals surface area contributed by atoms with Crippen LogP contribution < -0.4 is 10.3 Å². The molecule has 2 atom stereocenters. The molecule has 2 unspecified atom stereocenters. The number of aliphatic hydroxyl groups excluding tert-OH is 1. The van der Waals surface area contributed by atoms with Crippen LogP contribution in [0.25, 0.3) is 22.0 Å². The van der Waals surface area contributed by atoms with Crippen LogP contribution in [0, 0.1) is 0 Å². The molecule has 7 heteroatoms. The zero-order chi connectivity index (χ0) is 25.9. The first-order valence-electron chi connectivity index (χ1n) is 12.7. The summed E-state index contributed by atoms with van der Waals surface area (Å²) in [5, 5.41) is 10.9. The van der Waals surface area contributed by atoms with Gasteiger partial charge in [-0.1, -0.05) is 30.3 Å². The monoisotopic (exact) mass is 508 g/mol. The van der Waals surface area contributed by atoms with Crippen LogP contribution in [0.2, 0.25) is 0 Å². The van der Waals surface area contributed by atoms with Crippen molar-refractivity contribution in [1.82, 2.24) is 9.55 Å². The predicted molar refractivity (Wildman–Crippen MR) is 144 cm³/mol. The van der Waals surface area contributed by atoms with E-state index >= 15 is 0 Å². The van der Waals surface area contributed by atoms with Gasteiger partial charge in [0, 0.05) is 54.1 Å². The Kier molecular flexibility index (Phi) is 6.77. The van der Waals surface area contributed by atoms with Gasteiger partial charge < -0.3 is 23.6 Å². The lowest BCUT2D eigenvalue weighted by atomic mass is 10.00. The van der Waals surface area contributed by atoms with Gasteiger partial charge >= 0.3 is 0 Å². The van der Waals surface area contributed by atoms with Crippen molar-refractivity contribution in [1.29, 1.82) is 0 Å². The maximum absolute atomic E-state index is 13.3. The van der Waals surface area contributed by atoms with Crippen LogP contribution in [0.5, 0.6) is 5.75 Å². The molecular weight excluding hydrogens is 480 g/mol. The van der Waals surface area contributed by atoms with Crippen LogP contribution in [0.15, 0.2) is 101 Å². The number of nitrogens with zero attached hydrogens (tertiary/aromatic N) is 2. The predicted octanol–water partition coefficient (Wildman–Crippen LogP) is 5.50. The van der Waals surface area contributed by atoms with Crippen LogP contribution in [0.1, 0.15) is 35.6 Å². The SMILES string of the molecule is O=c1cc(-c2ccoc2)c2ccc(OCc3cncc(C4CC(O)CCO4)c3)cc2n1Cc1ccccc1. The van der Waals surface area contributed by atoms with Crippen LogP contribution >= 0.6 is 0 Å². The first-order chi connectivity index (χ1) is 18.6. The number of aliphatic hydroxyl groups is 1. The molecule has 0 saturated carbocycles. The van der Waals surface area contributed by atoms with Crippen molar-refractivity contribution in [3.05, 3.63) is 119 Å². The fourth-order valence-corrected chi connectivity index (χ4v) is 4.98. The summed E-state index contributed by atoms with van der Waals surface area (Å²) in [5.41, 5.74) is 5.24. The topological polar surface area (TPSA) is 86.7 Å². The van der Waals surface area contributed by atoms with E-state index in [-0.39, 0.29) is 17.8 Å². The molecule has 0 bridgehead atoms. The maximum atomic E-state index is 13.3. The highest BCUT2D eigenvalue weighted by Crippen LogP contribution is 2.31. The molecule has 38 heavy (non-hydrogen) atoms. The molecule has 3 aromatic heterocycles. The van der Waals surface area contributed by atoms with Crippen molar-refractivity contribution < 1.29 is 19.0 Å². The van der Waals surface area contributed by atoms with Crippen molar-refractivity contribution in [2.24, 2.45) is 0 Å². The van der Waals surface area contributed by atoms with Crippen molar-refractivity contribution in [3.63, 3.8) is 0 Å². The van der Waals surface area contributed by atoms with Gasteiger partial charge in [0.2, 0.25) is 0 Å². The lowest BCUT2D eigenvalue weighted by molar-refractivity contribution is -0.0449. The smallest absolute Gasteiger partial charge is 0.251 e. The summed E-state index contributed by atoms with van der Waals surface area (Å²) in [6.45, 7) is 1.30. The van der Waals surface area contributed by atoms with Gasteiger partial charge in [0.15, 0.2) is 0 Å². The first kappa shape index (κ1) is 24.2. The summed E-state index contributed by atoms with van der Waals surface area (Å²) in [4.78, 5) is 17.7. The molecule has 0 amide bonds. The van der Waals surface area contributed by atoms with Crippen molar-refractivity contribution in [2.75, 3.05) is 6.61 Å². The van der Waals surface area contributed by atoms with Crippen LogP contribution in [0.4, 0.5) is 0 Å². The number of ether oxygens (including phenoxy) is 2. The number of rotatable bonds is 7. The van der Waals surface area contributed by atoms with E-state index in [9.17, 15) is 9.90 Å². The summed E-state index contributed by atoms with van der Waals surface area (Å²) in [6.07, 6.45) is 7.51. The average Bonchev–Trinajstić information content (AvgIpc) is 3.49. The number of aromatic nitrogens is 2. The third-order valence-corrected chi connectivity index (χ3v) is 6.95. The number of fused-ring (bicyclic) bond motifs is 1. The highest BCUT2D eigenvalue weighted by Gasteiger charge is 2.23. The summed E-state index contributed by atoms with van der Waals surface area (Å²) in [7, 11) is 0. The fraction of sp³-hybridized carbons (Fsp3) is 0.226. The highest BCUT2D eigenvalue weighted by molar-refractivity contribution is 5.95. The van der Waals surface area contributed by atoms with Crippen molar-refractivity contribution in [2.45, 2.75) is 38.2 Å². The average molecular weight is 509 g/mol. The second-order valence-corrected chi connectivity index (χ2v) is 9.61. The number of hydrogen-bond donors (Lipinski definition) is 1. The fourth-order valence-electron chi connectivity index (χ4n) is 4.98. The van der Waals surface area contributed by atoms with Crippen molar-refractivity contribution >= 4 is 10.9 Å². The van der Waals surface area contributed by atoms with E-state index in [0.29, 0.717) is 38.3 Å². The van der Waals surface area contributed by atoms with E-state index in [2.05, 4.69) is 4.98 Å². The molecule has 4 heterocycles. The molecule has 0 spiro atoms. The normalized spacial score (nSPS) is 17.5. The number of furan rings is 1. The molecule has 1 aliphatic heterocycles. The molecule has 5 aromatic rings.